The lowest BCUT2D eigenvalue weighted by Gasteiger charge is -2.14. The number of carbonyl (C=O) groups excluding carboxylic acids is 3. The molecule has 2 aromatic rings. The van der Waals surface area contributed by atoms with E-state index in [4.69, 9.17) is 14.2 Å². The van der Waals surface area contributed by atoms with Gasteiger partial charge in [0.25, 0.3) is 5.91 Å². The van der Waals surface area contributed by atoms with Crippen molar-refractivity contribution in [3.63, 3.8) is 0 Å². The molecule has 0 bridgehead atoms. The monoisotopic (exact) mass is 590 g/mol. The number of halogens is 1. The number of hydrogen-bond donors (Lipinski definition) is 0. The summed E-state index contributed by atoms with van der Waals surface area (Å²) >= 11 is 4.70. The molecule has 0 saturated carbocycles. The lowest BCUT2D eigenvalue weighted by molar-refractivity contribution is -0.143. The largest absolute Gasteiger partial charge is 0.490 e. The molecule has 1 saturated heterocycles. The molecule has 0 spiro atoms. The number of rotatable bonds is 10. The molecule has 0 radical (unpaired) electrons. The van der Waals surface area contributed by atoms with Crippen molar-refractivity contribution in [2.75, 3.05) is 33.5 Å². The van der Waals surface area contributed by atoms with Gasteiger partial charge in [0, 0.05) is 6.54 Å². The van der Waals surface area contributed by atoms with E-state index in [1.807, 2.05) is 13.8 Å². The molecule has 1 aliphatic rings. The summed E-state index contributed by atoms with van der Waals surface area (Å²) < 4.78 is 21.5. The molecule has 0 aliphatic carbocycles. The summed E-state index contributed by atoms with van der Waals surface area (Å²) in [4.78, 5) is 43.4. The van der Waals surface area contributed by atoms with Gasteiger partial charge in [-0.15, -0.1) is 0 Å². The second-order valence-corrected chi connectivity index (χ2v) is 9.32. The van der Waals surface area contributed by atoms with E-state index in [1.165, 1.54) is 18.9 Å². The molecule has 1 heterocycles. The van der Waals surface area contributed by atoms with Gasteiger partial charge in [-0.25, -0.2) is 14.6 Å². The highest BCUT2D eigenvalue weighted by Crippen LogP contribution is 2.39. The first-order valence-electron chi connectivity index (χ1n) is 11.5. The Hall–Kier alpha value is -3.31. The summed E-state index contributed by atoms with van der Waals surface area (Å²) in [6.45, 7) is 6.25. The quantitative estimate of drug-likeness (QED) is 0.275. The fourth-order valence-electron chi connectivity index (χ4n) is 3.31. The predicted octanol–water partition coefficient (Wildman–Crippen LogP) is 5.20. The minimum absolute atomic E-state index is 0.187. The van der Waals surface area contributed by atoms with Gasteiger partial charge < -0.3 is 18.9 Å². The van der Waals surface area contributed by atoms with Crippen LogP contribution in [0.2, 0.25) is 0 Å². The number of nitrogens with zero attached hydrogens (tertiary/aromatic N) is 2. The Bertz CT molecular complexity index is 1250. The summed E-state index contributed by atoms with van der Waals surface area (Å²) in [6.07, 6.45) is 1.74. The summed E-state index contributed by atoms with van der Waals surface area (Å²) in [6, 6.07) is 10.3. The van der Waals surface area contributed by atoms with Gasteiger partial charge in [0.05, 0.1) is 41.0 Å². The summed E-state index contributed by atoms with van der Waals surface area (Å²) in [5.74, 6) is -0.359. The third kappa shape index (κ3) is 7.14. The molecule has 37 heavy (non-hydrogen) atoms. The number of hydrogen-bond acceptors (Lipinski definition) is 9. The minimum atomic E-state index is -0.521. The van der Waals surface area contributed by atoms with Gasteiger partial charge >= 0.3 is 11.9 Å². The molecular formula is C26H27BrN2O7S. The van der Waals surface area contributed by atoms with Crippen LogP contribution in [0.25, 0.3) is 6.08 Å². The van der Waals surface area contributed by atoms with Crippen LogP contribution in [0.3, 0.4) is 0 Å². The van der Waals surface area contributed by atoms with E-state index in [2.05, 4.69) is 25.7 Å². The number of carbonyl (C=O) groups is 3. The van der Waals surface area contributed by atoms with Crippen molar-refractivity contribution >= 4 is 62.5 Å². The predicted molar refractivity (Wildman–Crippen MR) is 145 cm³/mol. The maximum atomic E-state index is 13.1. The third-order valence-corrected chi connectivity index (χ3v) is 6.57. The summed E-state index contributed by atoms with van der Waals surface area (Å²) in [5, 5.41) is 0.502. The number of amidine groups is 1. The van der Waals surface area contributed by atoms with Crippen LogP contribution in [0, 0.1) is 0 Å². The van der Waals surface area contributed by atoms with Crippen molar-refractivity contribution in [3.05, 3.63) is 56.9 Å². The van der Waals surface area contributed by atoms with Crippen LogP contribution in [0.1, 0.15) is 36.7 Å². The van der Waals surface area contributed by atoms with Crippen molar-refractivity contribution in [2.45, 2.75) is 20.8 Å². The molecule has 11 heteroatoms. The first-order chi connectivity index (χ1) is 17.8. The van der Waals surface area contributed by atoms with Gasteiger partial charge in [-0.05, 0) is 90.4 Å². The van der Waals surface area contributed by atoms with Crippen LogP contribution >= 0.6 is 27.7 Å². The molecule has 1 amide bonds. The van der Waals surface area contributed by atoms with E-state index >= 15 is 0 Å². The van der Waals surface area contributed by atoms with E-state index < -0.39 is 11.9 Å². The highest BCUT2D eigenvalue weighted by atomic mass is 79.9. The zero-order valence-corrected chi connectivity index (χ0v) is 23.3. The fourth-order valence-corrected chi connectivity index (χ4v) is 4.95. The van der Waals surface area contributed by atoms with Crippen LogP contribution < -0.4 is 9.47 Å². The Morgan fingerprint density at radius 2 is 1.89 bits per heavy atom. The van der Waals surface area contributed by atoms with E-state index in [0.717, 1.165) is 0 Å². The van der Waals surface area contributed by atoms with Crippen molar-refractivity contribution < 1.29 is 33.3 Å². The number of ether oxygens (including phenoxy) is 4. The van der Waals surface area contributed by atoms with Crippen LogP contribution in [-0.4, -0.2) is 61.4 Å². The van der Waals surface area contributed by atoms with E-state index in [0.29, 0.717) is 56.0 Å². The Balaban J connectivity index is 1.91. The highest BCUT2D eigenvalue weighted by Gasteiger charge is 2.32. The van der Waals surface area contributed by atoms with Crippen molar-refractivity contribution in [1.82, 2.24) is 4.90 Å². The molecule has 0 N–H and O–H groups in total. The first kappa shape index (κ1) is 28.3. The van der Waals surface area contributed by atoms with E-state index in [1.54, 1.807) is 54.3 Å². The zero-order chi connectivity index (χ0) is 26.9. The number of thioether (sulfide) groups is 1. The topological polar surface area (TPSA) is 104 Å². The molecule has 0 aromatic heterocycles. The second-order valence-electron chi connectivity index (χ2n) is 7.45. The van der Waals surface area contributed by atoms with Crippen molar-refractivity contribution in [3.8, 4) is 11.5 Å². The van der Waals surface area contributed by atoms with E-state index in [9.17, 15) is 14.4 Å². The van der Waals surface area contributed by atoms with Crippen molar-refractivity contribution in [1.29, 1.82) is 0 Å². The highest BCUT2D eigenvalue weighted by molar-refractivity contribution is 9.10. The Labute approximate surface area is 227 Å². The Kier molecular flexibility index (Phi) is 10.2. The van der Waals surface area contributed by atoms with Crippen LogP contribution in [-0.2, 0) is 19.1 Å². The molecule has 0 unspecified atom stereocenters. The molecule has 196 valence electrons. The zero-order valence-electron chi connectivity index (χ0n) is 20.9. The minimum Gasteiger partial charge on any atom is -0.490 e. The van der Waals surface area contributed by atoms with Crippen LogP contribution in [0.15, 0.2) is 50.8 Å². The Morgan fingerprint density at radius 1 is 1.11 bits per heavy atom. The number of likely N-dealkylation sites (N-methyl/N-ethyl adjacent to an activating group) is 1. The van der Waals surface area contributed by atoms with Gasteiger partial charge in [-0.2, -0.15) is 0 Å². The number of amides is 1. The smallest absolute Gasteiger partial charge is 0.343 e. The van der Waals surface area contributed by atoms with Crippen molar-refractivity contribution in [2.24, 2.45) is 4.99 Å². The average Bonchev–Trinajstić information content (AvgIpc) is 3.17. The summed E-state index contributed by atoms with van der Waals surface area (Å²) in [5.41, 5.74) is 1.62. The van der Waals surface area contributed by atoms with Gasteiger partial charge in [0.1, 0.15) is 0 Å². The standard InChI is InChI=1S/C26H27BrN2O7S/c1-5-29-24(31)21(37-26(29)28-18-10-8-9-17(14-18)25(32)35-7-3)13-16-11-19(27)23(20(12-16)34-6-2)36-15-22(30)33-4/h8-14H,5-7,15H2,1-4H3. The molecular weight excluding hydrogens is 564 g/mol. The number of esters is 2. The molecule has 0 atom stereocenters. The number of aliphatic imine (C=N–C) groups is 1. The third-order valence-electron chi connectivity index (χ3n) is 4.98. The number of methoxy groups -OCH3 is 1. The Morgan fingerprint density at radius 3 is 2.57 bits per heavy atom. The maximum Gasteiger partial charge on any atom is 0.343 e. The lowest BCUT2D eigenvalue weighted by Crippen LogP contribution is -2.28. The van der Waals surface area contributed by atoms with Gasteiger partial charge in [0.15, 0.2) is 23.3 Å². The molecule has 3 rings (SSSR count). The van der Waals surface area contributed by atoms with Gasteiger partial charge in [-0.3, -0.25) is 9.69 Å². The molecule has 1 aliphatic heterocycles. The van der Waals surface area contributed by atoms with Crippen LogP contribution in [0.4, 0.5) is 5.69 Å². The second kappa shape index (κ2) is 13.3. The lowest BCUT2D eigenvalue weighted by atomic mass is 10.2. The maximum absolute atomic E-state index is 13.1. The number of benzene rings is 2. The molecule has 9 nitrogen and oxygen atoms in total. The molecule has 2 aromatic carbocycles. The average molecular weight is 591 g/mol. The normalized spacial score (nSPS) is 15.3. The molecule has 1 fully saturated rings. The van der Waals surface area contributed by atoms with Gasteiger partial charge in [-0.1, -0.05) is 6.07 Å². The first-order valence-corrected chi connectivity index (χ1v) is 13.1. The van der Waals surface area contributed by atoms with Crippen LogP contribution in [0.5, 0.6) is 11.5 Å². The summed E-state index contributed by atoms with van der Waals surface area (Å²) in [7, 11) is 1.28. The van der Waals surface area contributed by atoms with E-state index in [-0.39, 0.29) is 19.1 Å². The SMILES string of the molecule is CCOC(=O)c1cccc(N=C2SC(=Cc3cc(Br)c(OCC(=O)OC)c(OCC)c3)C(=O)N2CC)c1. The van der Waals surface area contributed by atoms with Gasteiger partial charge in [0.2, 0.25) is 0 Å². The fraction of sp³-hybridized carbons (Fsp3) is 0.308.